The molecule has 2 fully saturated rings. The molecule has 2 aliphatic rings. The highest BCUT2D eigenvalue weighted by Crippen LogP contribution is 2.66. The van der Waals surface area contributed by atoms with Gasteiger partial charge in [-0.1, -0.05) is 19.8 Å². The maximum absolute atomic E-state index is 12.6. The number of hydrogen-bond donors (Lipinski definition) is 1. The summed E-state index contributed by atoms with van der Waals surface area (Å²) in [6, 6.07) is 9.85. The number of halogens is 1. The number of rotatable bonds is 9. The maximum atomic E-state index is 12.6. The van der Waals surface area contributed by atoms with Crippen molar-refractivity contribution in [3.63, 3.8) is 0 Å². The maximum Gasteiger partial charge on any atom is 0.269 e. The van der Waals surface area contributed by atoms with Gasteiger partial charge in [0.15, 0.2) is 11.5 Å². The van der Waals surface area contributed by atoms with Crippen molar-refractivity contribution < 1.29 is 19.2 Å². The SMILES string of the molecule is CCOc1cc(/C=N\NC(=O)[C@@H]2[C@@H]3CCCC[C@]23C)cc(Br)c1OCc1ccc([N+](=O)[O-])cc1. The van der Waals surface area contributed by atoms with E-state index in [1.54, 1.807) is 24.4 Å². The highest BCUT2D eigenvalue weighted by Gasteiger charge is 2.64. The molecular formula is C25H28BrN3O5. The van der Waals surface area contributed by atoms with Gasteiger partial charge in [0.1, 0.15) is 6.61 Å². The summed E-state index contributed by atoms with van der Waals surface area (Å²) in [6.45, 7) is 4.76. The summed E-state index contributed by atoms with van der Waals surface area (Å²) in [4.78, 5) is 23.0. The number of carbonyl (C=O) groups is 1. The molecular weight excluding hydrogens is 502 g/mol. The van der Waals surface area contributed by atoms with Crippen molar-refractivity contribution in [1.82, 2.24) is 5.43 Å². The first-order valence-electron chi connectivity index (χ1n) is 11.5. The van der Waals surface area contributed by atoms with Crippen molar-refractivity contribution in [2.45, 2.75) is 46.1 Å². The van der Waals surface area contributed by atoms with E-state index in [2.05, 4.69) is 33.4 Å². The summed E-state index contributed by atoms with van der Waals surface area (Å²) in [6.07, 6.45) is 6.25. The van der Waals surface area contributed by atoms with Crippen LogP contribution in [0, 0.1) is 27.4 Å². The quantitative estimate of drug-likeness (QED) is 0.258. The number of nitrogens with zero attached hydrogens (tertiary/aromatic N) is 2. The van der Waals surface area contributed by atoms with Crippen LogP contribution in [0.4, 0.5) is 5.69 Å². The van der Waals surface area contributed by atoms with Crippen LogP contribution in [0.1, 0.15) is 50.7 Å². The van der Waals surface area contributed by atoms with Crippen molar-refractivity contribution in [3.05, 3.63) is 62.1 Å². The van der Waals surface area contributed by atoms with Crippen LogP contribution in [-0.4, -0.2) is 23.7 Å². The lowest BCUT2D eigenvalue weighted by Crippen LogP contribution is -2.22. The summed E-state index contributed by atoms with van der Waals surface area (Å²) in [5.74, 6) is 1.61. The standard InChI is InChI=1S/C25H28BrN3O5/c1-3-33-21-13-17(14-27-28-24(30)22-19-6-4-5-11-25(19,22)2)12-20(26)23(21)34-15-16-7-9-18(10-8-16)29(31)32/h7-10,12-14,19,22H,3-6,11,15H2,1-2H3,(H,28,30)/b27-14-/t19-,22-,25-/m0/s1. The number of hydrazone groups is 1. The molecule has 4 rings (SSSR count). The van der Waals surface area contributed by atoms with Gasteiger partial charge in [-0.05, 0) is 82.4 Å². The lowest BCUT2D eigenvalue weighted by molar-refractivity contribution is -0.384. The first-order chi connectivity index (χ1) is 16.3. The zero-order valence-electron chi connectivity index (χ0n) is 19.3. The van der Waals surface area contributed by atoms with Gasteiger partial charge in [-0.25, -0.2) is 5.43 Å². The number of non-ortho nitro benzene ring substituents is 1. The summed E-state index contributed by atoms with van der Waals surface area (Å²) >= 11 is 3.53. The molecule has 0 radical (unpaired) electrons. The fourth-order valence-electron chi connectivity index (χ4n) is 5.03. The van der Waals surface area contributed by atoms with E-state index in [-0.39, 0.29) is 29.5 Å². The molecule has 2 aliphatic carbocycles. The average molecular weight is 530 g/mol. The fraction of sp³-hybridized carbons (Fsp3) is 0.440. The number of fused-ring (bicyclic) bond motifs is 1. The Balaban J connectivity index is 1.41. The molecule has 34 heavy (non-hydrogen) atoms. The van der Waals surface area contributed by atoms with Gasteiger partial charge in [-0.15, -0.1) is 0 Å². The Morgan fingerprint density at radius 1 is 1.29 bits per heavy atom. The molecule has 0 aliphatic heterocycles. The predicted molar refractivity (Wildman–Crippen MR) is 132 cm³/mol. The lowest BCUT2D eigenvalue weighted by Gasteiger charge is -2.15. The normalized spacial score (nSPS) is 23.3. The number of ether oxygens (including phenoxy) is 2. The molecule has 1 N–H and O–H groups in total. The zero-order chi connectivity index (χ0) is 24.3. The summed E-state index contributed by atoms with van der Waals surface area (Å²) < 4.78 is 12.4. The van der Waals surface area contributed by atoms with Crippen molar-refractivity contribution >= 4 is 33.7 Å². The van der Waals surface area contributed by atoms with E-state index in [1.807, 2.05) is 13.0 Å². The highest BCUT2D eigenvalue weighted by atomic mass is 79.9. The van der Waals surface area contributed by atoms with E-state index in [0.717, 1.165) is 24.0 Å². The Hall–Kier alpha value is -2.94. The number of benzene rings is 2. The first kappa shape index (κ1) is 24.2. The molecule has 2 aromatic carbocycles. The van der Waals surface area contributed by atoms with Gasteiger partial charge in [-0.3, -0.25) is 14.9 Å². The average Bonchev–Trinajstić information content (AvgIpc) is 3.44. The molecule has 180 valence electrons. The minimum absolute atomic E-state index is 0.00204. The molecule has 9 heteroatoms. The van der Waals surface area contributed by atoms with Crippen LogP contribution in [0.2, 0.25) is 0 Å². The second-order valence-electron chi connectivity index (χ2n) is 9.05. The Labute approximate surface area is 207 Å². The predicted octanol–water partition coefficient (Wildman–Crippen LogP) is 5.61. The van der Waals surface area contributed by atoms with Gasteiger partial charge < -0.3 is 9.47 Å². The number of carbonyl (C=O) groups excluding carboxylic acids is 1. The van der Waals surface area contributed by atoms with Gasteiger partial charge >= 0.3 is 0 Å². The lowest BCUT2D eigenvalue weighted by atomic mass is 9.90. The monoisotopic (exact) mass is 529 g/mol. The number of hydrogen-bond acceptors (Lipinski definition) is 6. The Morgan fingerprint density at radius 2 is 2.06 bits per heavy atom. The van der Waals surface area contributed by atoms with Crippen LogP contribution in [0.5, 0.6) is 11.5 Å². The van der Waals surface area contributed by atoms with Crippen LogP contribution >= 0.6 is 15.9 Å². The molecule has 0 heterocycles. The van der Waals surface area contributed by atoms with Crippen LogP contribution in [-0.2, 0) is 11.4 Å². The Kier molecular flexibility index (Phi) is 7.21. The molecule has 2 saturated carbocycles. The Morgan fingerprint density at radius 3 is 2.71 bits per heavy atom. The molecule has 0 aromatic heterocycles. The molecule has 0 saturated heterocycles. The second-order valence-corrected chi connectivity index (χ2v) is 9.90. The van der Waals surface area contributed by atoms with Crippen molar-refractivity contribution in [2.24, 2.45) is 22.4 Å². The van der Waals surface area contributed by atoms with Crippen LogP contribution in [0.15, 0.2) is 46.0 Å². The van der Waals surface area contributed by atoms with E-state index >= 15 is 0 Å². The second kappa shape index (κ2) is 10.1. The minimum atomic E-state index is -0.435. The van der Waals surface area contributed by atoms with E-state index in [1.165, 1.54) is 25.0 Å². The summed E-state index contributed by atoms with van der Waals surface area (Å²) in [5, 5.41) is 15.0. The van der Waals surface area contributed by atoms with Crippen molar-refractivity contribution in [1.29, 1.82) is 0 Å². The van der Waals surface area contributed by atoms with Crippen LogP contribution in [0.25, 0.3) is 0 Å². The van der Waals surface area contributed by atoms with Crippen molar-refractivity contribution in [3.8, 4) is 11.5 Å². The third-order valence-electron chi connectivity index (χ3n) is 6.86. The van der Waals surface area contributed by atoms with E-state index in [0.29, 0.717) is 28.5 Å². The molecule has 8 nitrogen and oxygen atoms in total. The molecule has 3 atom stereocenters. The third kappa shape index (κ3) is 5.09. The number of amides is 1. The van der Waals surface area contributed by atoms with Gasteiger partial charge in [0, 0.05) is 18.1 Å². The van der Waals surface area contributed by atoms with E-state index < -0.39 is 4.92 Å². The molecule has 2 aromatic rings. The first-order valence-corrected chi connectivity index (χ1v) is 12.3. The third-order valence-corrected chi connectivity index (χ3v) is 7.45. The van der Waals surface area contributed by atoms with Crippen LogP contribution < -0.4 is 14.9 Å². The van der Waals surface area contributed by atoms with Crippen molar-refractivity contribution in [2.75, 3.05) is 6.61 Å². The van der Waals surface area contributed by atoms with E-state index in [9.17, 15) is 14.9 Å². The Bertz CT molecular complexity index is 1100. The molecule has 0 bridgehead atoms. The van der Waals surface area contributed by atoms with Gasteiger partial charge in [0.25, 0.3) is 5.69 Å². The van der Waals surface area contributed by atoms with Crippen LogP contribution in [0.3, 0.4) is 0 Å². The largest absolute Gasteiger partial charge is 0.490 e. The van der Waals surface area contributed by atoms with Gasteiger partial charge in [-0.2, -0.15) is 5.10 Å². The zero-order valence-corrected chi connectivity index (χ0v) is 20.8. The minimum Gasteiger partial charge on any atom is -0.490 e. The summed E-state index contributed by atoms with van der Waals surface area (Å²) in [5.41, 5.74) is 4.43. The van der Waals surface area contributed by atoms with E-state index in [4.69, 9.17) is 9.47 Å². The number of nitro benzene ring substituents is 1. The number of nitrogens with one attached hydrogen (secondary N) is 1. The highest BCUT2D eigenvalue weighted by molar-refractivity contribution is 9.10. The van der Waals surface area contributed by atoms with Gasteiger partial charge in [0.2, 0.25) is 5.91 Å². The fourth-order valence-corrected chi connectivity index (χ4v) is 5.60. The molecule has 0 spiro atoms. The van der Waals surface area contributed by atoms with Gasteiger partial charge in [0.05, 0.1) is 22.2 Å². The molecule has 1 amide bonds. The smallest absolute Gasteiger partial charge is 0.269 e. The molecule has 0 unspecified atom stereocenters. The number of nitro groups is 1. The summed E-state index contributed by atoms with van der Waals surface area (Å²) in [7, 11) is 0. The topological polar surface area (TPSA) is 103 Å².